The summed E-state index contributed by atoms with van der Waals surface area (Å²) in [6, 6.07) is -5.09. The fraction of sp³-hybridized carbons (Fsp3) is 0.811. The predicted molar refractivity (Wildman–Crippen MR) is 193 cm³/mol. The third kappa shape index (κ3) is 13.5. The van der Waals surface area contributed by atoms with Crippen molar-refractivity contribution in [2.75, 3.05) is 13.1 Å². The molecular weight excluding hydrogens is 656 g/mol. The molecule has 51 heavy (non-hydrogen) atoms. The van der Waals surface area contributed by atoms with E-state index < -0.39 is 90.0 Å². The molecule has 0 aromatic heterocycles. The summed E-state index contributed by atoms with van der Waals surface area (Å²) < 4.78 is 0. The summed E-state index contributed by atoms with van der Waals surface area (Å²) in [6.07, 6.45) is 6.38. The lowest BCUT2D eigenvalue weighted by Gasteiger charge is -2.31. The van der Waals surface area contributed by atoms with E-state index in [0.29, 0.717) is 19.3 Å². The molecule has 14 heteroatoms. The highest BCUT2D eigenvalue weighted by molar-refractivity contribution is 6.04. The van der Waals surface area contributed by atoms with Crippen LogP contribution in [0.2, 0.25) is 0 Å². The first-order chi connectivity index (χ1) is 24.1. The van der Waals surface area contributed by atoms with E-state index >= 15 is 0 Å². The number of unbranched alkanes of at least 4 members (excludes halogenated alkanes) is 6. The topological polar surface area (TPSA) is 203 Å². The summed E-state index contributed by atoms with van der Waals surface area (Å²) in [5.74, 6) is -6.23. The van der Waals surface area contributed by atoms with Gasteiger partial charge in [0.1, 0.15) is 41.9 Å². The number of carbonyl (C=O) groups excluding carboxylic acids is 7. The largest absolute Gasteiger partial charge is 0.390 e. The van der Waals surface area contributed by atoms with Gasteiger partial charge in [-0.3, -0.25) is 33.6 Å². The predicted octanol–water partition coefficient (Wildman–Crippen LogP) is 1.87. The molecule has 2 aliphatic rings. The van der Waals surface area contributed by atoms with Crippen LogP contribution < -0.4 is 26.6 Å². The van der Waals surface area contributed by atoms with Crippen LogP contribution in [0.15, 0.2) is 0 Å². The van der Waals surface area contributed by atoms with Crippen molar-refractivity contribution in [2.24, 2.45) is 17.8 Å². The Morgan fingerprint density at radius 3 is 2.02 bits per heavy atom. The van der Waals surface area contributed by atoms with Crippen molar-refractivity contribution in [3.05, 3.63) is 0 Å². The molecule has 7 atom stereocenters. The van der Waals surface area contributed by atoms with Crippen LogP contribution in [0.3, 0.4) is 0 Å². The molecule has 2 heterocycles. The normalized spacial score (nSPS) is 27.7. The number of fused-ring (bicyclic) bond motifs is 1. The van der Waals surface area contributed by atoms with Crippen molar-refractivity contribution < 1.29 is 38.7 Å². The van der Waals surface area contributed by atoms with E-state index in [9.17, 15) is 38.7 Å². The number of Topliss-reactive ketones (excluding diaryl/α,β-unsaturated/α-hetero) is 1. The van der Waals surface area contributed by atoms with Gasteiger partial charge in [0.05, 0.1) is 6.10 Å². The van der Waals surface area contributed by atoms with E-state index in [1.165, 1.54) is 11.8 Å². The second-order valence-electron chi connectivity index (χ2n) is 14.9. The van der Waals surface area contributed by atoms with Gasteiger partial charge in [-0.05, 0) is 50.9 Å². The first-order valence-electron chi connectivity index (χ1n) is 19.1. The van der Waals surface area contributed by atoms with E-state index in [0.717, 1.165) is 38.5 Å². The Bertz CT molecular complexity index is 1210. The molecule has 0 saturated carbocycles. The zero-order chi connectivity index (χ0) is 38.2. The average Bonchev–Trinajstić information content (AvgIpc) is 3.56. The summed E-state index contributed by atoms with van der Waals surface area (Å²) in [6.45, 7) is 12.4. The maximum Gasteiger partial charge on any atom is 0.245 e. The molecule has 0 bridgehead atoms. The molecule has 0 aliphatic carbocycles. The Balaban J connectivity index is 2.44. The van der Waals surface area contributed by atoms with Crippen LogP contribution >= 0.6 is 0 Å². The van der Waals surface area contributed by atoms with Crippen molar-refractivity contribution >= 4 is 41.2 Å². The first kappa shape index (κ1) is 43.6. The molecule has 2 rings (SSSR count). The Morgan fingerprint density at radius 1 is 0.784 bits per heavy atom. The number of hydrogen-bond acceptors (Lipinski definition) is 8. The van der Waals surface area contributed by atoms with Crippen LogP contribution in [-0.4, -0.2) is 101 Å². The molecule has 0 aromatic rings. The number of nitrogens with zero attached hydrogens (tertiary/aromatic N) is 1. The molecule has 6 amide bonds. The summed E-state index contributed by atoms with van der Waals surface area (Å²) in [4.78, 5) is 96.1. The van der Waals surface area contributed by atoms with Crippen molar-refractivity contribution in [1.82, 2.24) is 31.5 Å². The van der Waals surface area contributed by atoms with Crippen LogP contribution in [0.1, 0.15) is 126 Å². The third-order valence-corrected chi connectivity index (χ3v) is 9.72. The van der Waals surface area contributed by atoms with Gasteiger partial charge in [0.2, 0.25) is 35.4 Å². The summed E-state index contributed by atoms with van der Waals surface area (Å²) >= 11 is 0. The monoisotopic (exact) mass is 720 g/mol. The Labute approximate surface area is 303 Å². The van der Waals surface area contributed by atoms with Crippen molar-refractivity contribution in [3.8, 4) is 0 Å². The van der Waals surface area contributed by atoms with Gasteiger partial charge < -0.3 is 36.6 Å². The molecular formula is C37H64N6O8. The van der Waals surface area contributed by atoms with Crippen LogP contribution in [-0.2, 0) is 33.6 Å². The summed E-state index contributed by atoms with van der Waals surface area (Å²) in [5.41, 5.74) is 0. The Morgan fingerprint density at radius 2 is 1.41 bits per heavy atom. The standard InChI is InChI=1S/C37H64N6O8/c1-8-10-11-12-13-14-15-18-28(44)30-29(45)21-38-32(46)25(9-2)40-36(50)31(23(5)6)42-34(48)27-17-16-19-43(27)37(51)24(7)39-33(47)26(20-22(3)4)41-35(30)49/h22-27,29-31,45H,8-21H2,1-7H3,(H,38,46)(H,39,47)(H,40,50)(H,41,49)(H,42,48)/t24-,25?,26+,27+,29?,30?,31+/m1/s1. The lowest BCUT2D eigenvalue weighted by Crippen LogP contribution is -2.60. The second-order valence-corrected chi connectivity index (χ2v) is 14.9. The smallest absolute Gasteiger partial charge is 0.245 e. The average molecular weight is 721 g/mol. The van der Waals surface area contributed by atoms with Gasteiger partial charge in [0.25, 0.3) is 0 Å². The highest BCUT2D eigenvalue weighted by Crippen LogP contribution is 2.20. The molecule has 2 aliphatic heterocycles. The van der Waals surface area contributed by atoms with Crippen molar-refractivity contribution in [3.63, 3.8) is 0 Å². The molecule has 3 unspecified atom stereocenters. The molecule has 0 aromatic carbocycles. The highest BCUT2D eigenvalue weighted by Gasteiger charge is 2.40. The van der Waals surface area contributed by atoms with Crippen LogP contribution in [0.5, 0.6) is 0 Å². The number of carbonyl (C=O) groups is 7. The fourth-order valence-corrected chi connectivity index (χ4v) is 6.68. The van der Waals surface area contributed by atoms with Crippen molar-refractivity contribution in [1.29, 1.82) is 0 Å². The zero-order valence-electron chi connectivity index (χ0n) is 31.8. The first-order valence-corrected chi connectivity index (χ1v) is 19.1. The van der Waals surface area contributed by atoms with E-state index in [1.807, 2.05) is 13.8 Å². The minimum Gasteiger partial charge on any atom is -0.390 e. The Hall–Kier alpha value is -3.55. The van der Waals surface area contributed by atoms with E-state index in [-0.39, 0.29) is 37.6 Å². The summed E-state index contributed by atoms with van der Waals surface area (Å²) in [5, 5.41) is 24.6. The zero-order valence-corrected chi connectivity index (χ0v) is 31.8. The maximum atomic E-state index is 13.8. The quantitative estimate of drug-likeness (QED) is 0.122. The molecule has 290 valence electrons. The minimum atomic E-state index is -1.62. The SMILES string of the molecule is CCCCCCCCCC(=O)C1C(=O)N[C@@H](CC(C)C)C(=O)N[C@H](C)C(=O)N2CCC[C@H]2C(=O)N[C@@H](C(C)C)C(=O)NC(CC)C(=O)NCC1O. The Kier molecular flexibility index (Phi) is 18.6. The number of rotatable bonds is 13. The van der Waals surface area contributed by atoms with Gasteiger partial charge in [-0.25, -0.2) is 0 Å². The molecule has 2 saturated heterocycles. The maximum absolute atomic E-state index is 13.8. The number of hydrogen-bond donors (Lipinski definition) is 6. The third-order valence-electron chi connectivity index (χ3n) is 9.72. The molecule has 0 spiro atoms. The molecule has 6 N–H and O–H groups in total. The second kappa shape index (κ2) is 21.7. The molecule has 2 fully saturated rings. The van der Waals surface area contributed by atoms with Crippen LogP contribution in [0, 0.1) is 17.8 Å². The number of amides is 6. The lowest BCUT2D eigenvalue weighted by molar-refractivity contribution is -0.143. The van der Waals surface area contributed by atoms with Gasteiger partial charge in [0.15, 0.2) is 0 Å². The van der Waals surface area contributed by atoms with E-state index in [2.05, 4.69) is 33.5 Å². The van der Waals surface area contributed by atoms with Crippen LogP contribution in [0.4, 0.5) is 0 Å². The number of nitrogens with one attached hydrogen (secondary N) is 5. The highest BCUT2D eigenvalue weighted by atomic mass is 16.3. The minimum absolute atomic E-state index is 0.0381. The number of ketones is 1. The number of aliphatic hydroxyl groups excluding tert-OH is 1. The fourth-order valence-electron chi connectivity index (χ4n) is 6.68. The van der Waals surface area contributed by atoms with E-state index in [1.54, 1.807) is 20.8 Å². The van der Waals surface area contributed by atoms with E-state index in [4.69, 9.17) is 0 Å². The molecule has 14 nitrogen and oxygen atoms in total. The van der Waals surface area contributed by atoms with Gasteiger partial charge >= 0.3 is 0 Å². The molecule has 0 radical (unpaired) electrons. The van der Waals surface area contributed by atoms with Crippen molar-refractivity contribution in [2.45, 2.75) is 162 Å². The lowest BCUT2D eigenvalue weighted by atomic mass is 9.91. The summed E-state index contributed by atoms with van der Waals surface area (Å²) in [7, 11) is 0. The van der Waals surface area contributed by atoms with Gasteiger partial charge in [-0.1, -0.05) is 80.1 Å². The van der Waals surface area contributed by atoms with Gasteiger partial charge in [-0.15, -0.1) is 0 Å². The number of aliphatic hydroxyl groups is 1. The number of β-amino-alcohol motifs (C(OH)–C–C–N with tert-alkyl or cyclic N) is 1. The van der Waals surface area contributed by atoms with Gasteiger partial charge in [-0.2, -0.15) is 0 Å². The van der Waals surface area contributed by atoms with Gasteiger partial charge in [0, 0.05) is 19.5 Å². The van der Waals surface area contributed by atoms with Crippen LogP contribution in [0.25, 0.3) is 0 Å².